The van der Waals surface area contributed by atoms with Crippen LogP contribution in [0, 0.1) is 10.1 Å². The Bertz CT molecular complexity index is 616. The Labute approximate surface area is 109 Å². The number of anilines is 1. The molecular weight excluding hydrogens is 248 g/mol. The highest BCUT2D eigenvalue weighted by molar-refractivity contribution is 5.77. The van der Waals surface area contributed by atoms with Crippen LogP contribution in [0.5, 0.6) is 5.75 Å². The van der Waals surface area contributed by atoms with Gasteiger partial charge in [0, 0.05) is 12.6 Å². The summed E-state index contributed by atoms with van der Waals surface area (Å²) in [7, 11) is 3.11. The molecule has 7 nitrogen and oxygen atoms in total. The second kappa shape index (κ2) is 5.30. The molecule has 0 radical (unpaired) electrons. The van der Waals surface area contributed by atoms with Crippen LogP contribution in [0.2, 0.25) is 0 Å². The molecule has 2 aromatic rings. The summed E-state index contributed by atoms with van der Waals surface area (Å²) < 4.78 is 5.10. The zero-order chi connectivity index (χ0) is 13.8. The van der Waals surface area contributed by atoms with Crippen molar-refractivity contribution in [1.82, 2.24) is 9.97 Å². The van der Waals surface area contributed by atoms with Gasteiger partial charge in [-0.3, -0.25) is 10.1 Å². The number of benzene rings is 1. The lowest BCUT2D eigenvalue weighted by Crippen LogP contribution is -2.03. The van der Waals surface area contributed by atoms with E-state index in [1.807, 2.05) is 0 Å². The van der Waals surface area contributed by atoms with E-state index < -0.39 is 4.92 Å². The molecule has 98 valence electrons. The predicted molar refractivity (Wildman–Crippen MR) is 70.2 cm³/mol. The number of rotatable bonds is 4. The smallest absolute Gasteiger partial charge is 0.337 e. The summed E-state index contributed by atoms with van der Waals surface area (Å²) >= 11 is 0. The van der Waals surface area contributed by atoms with Crippen LogP contribution in [0.25, 0.3) is 11.3 Å². The Morgan fingerprint density at radius 3 is 2.79 bits per heavy atom. The first kappa shape index (κ1) is 12.7. The average Bonchev–Trinajstić information content (AvgIpc) is 2.46. The minimum atomic E-state index is -0.499. The fraction of sp³-hybridized carbons (Fsp3) is 0.167. The van der Waals surface area contributed by atoms with E-state index in [0.717, 1.165) is 0 Å². The third-order valence-corrected chi connectivity index (χ3v) is 2.58. The molecule has 2 rings (SSSR count). The van der Waals surface area contributed by atoms with E-state index in [0.29, 0.717) is 11.3 Å². The SMILES string of the molecule is CNc1ncnc(-c2cccc(OC)c2)c1[N+](=O)[O-]. The topological polar surface area (TPSA) is 90.2 Å². The molecule has 1 heterocycles. The largest absolute Gasteiger partial charge is 0.497 e. The van der Waals surface area contributed by atoms with Crippen molar-refractivity contribution in [2.24, 2.45) is 0 Å². The highest BCUT2D eigenvalue weighted by Gasteiger charge is 2.23. The number of aromatic nitrogens is 2. The quantitative estimate of drug-likeness (QED) is 0.668. The van der Waals surface area contributed by atoms with Gasteiger partial charge in [-0.2, -0.15) is 0 Å². The van der Waals surface area contributed by atoms with Gasteiger partial charge in [-0.25, -0.2) is 9.97 Å². The standard InChI is InChI=1S/C12H12N4O3/c1-13-12-11(16(17)18)10(14-7-15-12)8-4-3-5-9(6-8)19-2/h3-7H,1-2H3,(H,13,14,15). The minimum Gasteiger partial charge on any atom is -0.497 e. The Kier molecular flexibility index (Phi) is 3.56. The first-order valence-electron chi connectivity index (χ1n) is 5.49. The maximum Gasteiger partial charge on any atom is 0.337 e. The molecule has 1 aromatic heterocycles. The second-order valence-electron chi connectivity index (χ2n) is 3.66. The number of hydrogen-bond acceptors (Lipinski definition) is 6. The summed E-state index contributed by atoms with van der Waals surface area (Å²) in [5.41, 5.74) is 0.700. The van der Waals surface area contributed by atoms with Crippen molar-refractivity contribution in [1.29, 1.82) is 0 Å². The number of nitrogens with zero attached hydrogens (tertiary/aromatic N) is 3. The summed E-state index contributed by atoms with van der Waals surface area (Å²) in [5, 5.41) is 13.9. The average molecular weight is 260 g/mol. The zero-order valence-electron chi connectivity index (χ0n) is 10.5. The highest BCUT2D eigenvalue weighted by Crippen LogP contribution is 2.33. The summed E-state index contributed by atoms with van der Waals surface area (Å²) in [5.74, 6) is 0.786. The lowest BCUT2D eigenvalue weighted by atomic mass is 10.1. The lowest BCUT2D eigenvalue weighted by molar-refractivity contribution is -0.383. The molecule has 1 N–H and O–H groups in total. The molecule has 19 heavy (non-hydrogen) atoms. The molecule has 0 saturated heterocycles. The van der Waals surface area contributed by atoms with Gasteiger partial charge in [0.05, 0.1) is 12.0 Å². The fourth-order valence-corrected chi connectivity index (χ4v) is 1.72. The van der Waals surface area contributed by atoms with Crippen LogP contribution < -0.4 is 10.1 Å². The molecule has 0 spiro atoms. The van der Waals surface area contributed by atoms with Crippen LogP contribution in [0.4, 0.5) is 11.5 Å². The van der Waals surface area contributed by atoms with E-state index in [1.54, 1.807) is 31.3 Å². The van der Waals surface area contributed by atoms with Crippen molar-refractivity contribution in [3.63, 3.8) is 0 Å². The van der Waals surface area contributed by atoms with Gasteiger partial charge in [-0.15, -0.1) is 0 Å². The molecule has 0 saturated carbocycles. The molecule has 0 bridgehead atoms. The summed E-state index contributed by atoms with van der Waals surface area (Å²) in [4.78, 5) is 18.5. The number of methoxy groups -OCH3 is 1. The monoisotopic (exact) mass is 260 g/mol. The van der Waals surface area contributed by atoms with Gasteiger partial charge in [-0.05, 0) is 12.1 Å². The van der Waals surface area contributed by atoms with Gasteiger partial charge in [0.25, 0.3) is 0 Å². The van der Waals surface area contributed by atoms with Gasteiger partial charge in [0.1, 0.15) is 12.1 Å². The maximum absolute atomic E-state index is 11.2. The highest BCUT2D eigenvalue weighted by atomic mass is 16.6. The zero-order valence-corrected chi connectivity index (χ0v) is 10.5. The van der Waals surface area contributed by atoms with Crippen LogP contribution in [0.1, 0.15) is 0 Å². The fourth-order valence-electron chi connectivity index (χ4n) is 1.72. The number of nitrogens with one attached hydrogen (secondary N) is 1. The van der Waals surface area contributed by atoms with Gasteiger partial charge >= 0.3 is 5.69 Å². The number of nitro groups is 1. The predicted octanol–water partition coefficient (Wildman–Crippen LogP) is 2.10. The van der Waals surface area contributed by atoms with E-state index in [1.165, 1.54) is 13.4 Å². The molecule has 0 fully saturated rings. The van der Waals surface area contributed by atoms with Gasteiger partial charge in [0.2, 0.25) is 5.82 Å². The van der Waals surface area contributed by atoms with Crippen molar-refractivity contribution < 1.29 is 9.66 Å². The van der Waals surface area contributed by atoms with E-state index in [4.69, 9.17) is 4.74 Å². The summed E-state index contributed by atoms with van der Waals surface area (Å²) in [6.45, 7) is 0. The number of ether oxygens (including phenoxy) is 1. The second-order valence-corrected chi connectivity index (χ2v) is 3.66. The Balaban J connectivity index is 2.64. The molecule has 0 amide bonds. The first-order chi connectivity index (χ1) is 9.17. The molecule has 1 aromatic carbocycles. The van der Waals surface area contributed by atoms with Gasteiger partial charge < -0.3 is 10.1 Å². The Morgan fingerprint density at radius 2 is 2.16 bits per heavy atom. The molecule has 0 unspecified atom stereocenters. The first-order valence-corrected chi connectivity index (χ1v) is 5.49. The third kappa shape index (κ3) is 2.44. The summed E-state index contributed by atoms with van der Waals surface area (Å²) in [6, 6.07) is 6.93. The van der Waals surface area contributed by atoms with E-state index >= 15 is 0 Å². The van der Waals surface area contributed by atoms with Crippen LogP contribution >= 0.6 is 0 Å². The van der Waals surface area contributed by atoms with Crippen LogP contribution in [0.15, 0.2) is 30.6 Å². The maximum atomic E-state index is 11.2. The van der Waals surface area contributed by atoms with Crippen molar-refractivity contribution >= 4 is 11.5 Å². The van der Waals surface area contributed by atoms with Crippen LogP contribution in [-0.4, -0.2) is 29.0 Å². The molecule has 0 aliphatic carbocycles. The van der Waals surface area contributed by atoms with E-state index in [9.17, 15) is 10.1 Å². The van der Waals surface area contributed by atoms with Crippen molar-refractivity contribution in [2.45, 2.75) is 0 Å². The van der Waals surface area contributed by atoms with Crippen molar-refractivity contribution in [3.05, 3.63) is 40.7 Å². The normalized spacial score (nSPS) is 10.0. The van der Waals surface area contributed by atoms with Crippen LogP contribution in [0.3, 0.4) is 0 Å². The molecule has 7 heteroatoms. The Morgan fingerprint density at radius 1 is 1.37 bits per heavy atom. The third-order valence-electron chi connectivity index (χ3n) is 2.58. The van der Waals surface area contributed by atoms with Crippen molar-refractivity contribution in [2.75, 3.05) is 19.5 Å². The summed E-state index contributed by atoms with van der Waals surface area (Å²) in [6.07, 6.45) is 1.29. The lowest BCUT2D eigenvalue weighted by Gasteiger charge is -2.07. The molecule has 0 aliphatic rings. The Hall–Kier alpha value is -2.70. The van der Waals surface area contributed by atoms with Gasteiger partial charge in [-0.1, -0.05) is 12.1 Å². The van der Waals surface area contributed by atoms with Crippen LogP contribution in [-0.2, 0) is 0 Å². The molecule has 0 aliphatic heterocycles. The number of hydrogen-bond donors (Lipinski definition) is 1. The van der Waals surface area contributed by atoms with E-state index in [2.05, 4.69) is 15.3 Å². The minimum absolute atomic E-state index is 0.154. The van der Waals surface area contributed by atoms with Crippen molar-refractivity contribution in [3.8, 4) is 17.0 Å². The molecule has 0 atom stereocenters. The van der Waals surface area contributed by atoms with E-state index in [-0.39, 0.29) is 17.2 Å². The van der Waals surface area contributed by atoms with Gasteiger partial charge in [0.15, 0.2) is 5.69 Å². The molecular formula is C12H12N4O3.